The van der Waals surface area contributed by atoms with Crippen LogP contribution in [0.15, 0.2) is 42.7 Å². The number of urea groups is 1. The third-order valence-corrected chi connectivity index (χ3v) is 6.11. The molecule has 2 heterocycles. The van der Waals surface area contributed by atoms with Crippen molar-refractivity contribution in [1.29, 1.82) is 0 Å². The van der Waals surface area contributed by atoms with Gasteiger partial charge in [0.05, 0.1) is 17.6 Å². The number of hydrogen-bond donors (Lipinski definition) is 2. The largest absolute Gasteiger partial charge is 0.573 e. The molecule has 3 amide bonds. The van der Waals surface area contributed by atoms with Crippen LogP contribution in [0.25, 0.3) is 0 Å². The third-order valence-electron chi connectivity index (χ3n) is 6.11. The molecule has 33 heavy (non-hydrogen) atoms. The lowest BCUT2D eigenvalue weighted by Crippen LogP contribution is -2.35. The van der Waals surface area contributed by atoms with Crippen molar-refractivity contribution >= 4 is 23.3 Å². The Morgan fingerprint density at radius 2 is 1.82 bits per heavy atom. The van der Waals surface area contributed by atoms with Gasteiger partial charge in [-0.1, -0.05) is 26.2 Å². The van der Waals surface area contributed by atoms with E-state index >= 15 is 0 Å². The fourth-order valence-corrected chi connectivity index (χ4v) is 4.45. The van der Waals surface area contributed by atoms with Crippen LogP contribution in [0.4, 0.5) is 29.3 Å². The number of nitrogens with one attached hydrogen (secondary N) is 2. The van der Waals surface area contributed by atoms with Gasteiger partial charge in [0, 0.05) is 18.2 Å². The average Bonchev–Trinajstić information content (AvgIpc) is 3.08. The summed E-state index contributed by atoms with van der Waals surface area (Å²) in [4.78, 5) is 30.9. The van der Waals surface area contributed by atoms with Gasteiger partial charge in [-0.3, -0.25) is 9.78 Å². The lowest BCUT2D eigenvalue weighted by atomic mass is 9.91. The van der Waals surface area contributed by atoms with Crippen molar-refractivity contribution < 1.29 is 27.5 Å². The molecule has 2 aromatic rings. The Hall–Kier alpha value is -3.30. The molecule has 2 aliphatic rings. The zero-order chi connectivity index (χ0) is 23.6. The Balaban J connectivity index is 1.51. The Morgan fingerprint density at radius 3 is 2.48 bits per heavy atom. The number of alkyl halides is 3. The van der Waals surface area contributed by atoms with Crippen LogP contribution < -0.4 is 20.3 Å². The molecule has 1 aromatic carbocycles. The van der Waals surface area contributed by atoms with E-state index in [-0.39, 0.29) is 11.6 Å². The van der Waals surface area contributed by atoms with Crippen LogP contribution in [0.1, 0.15) is 50.5 Å². The minimum absolute atomic E-state index is 0.164. The summed E-state index contributed by atoms with van der Waals surface area (Å²) in [6, 6.07) is 5.35. The summed E-state index contributed by atoms with van der Waals surface area (Å²) < 4.78 is 41.0. The van der Waals surface area contributed by atoms with E-state index in [0.717, 1.165) is 41.1 Å². The van der Waals surface area contributed by atoms with Crippen LogP contribution in [0.5, 0.6) is 5.75 Å². The van der Waals surface area contributed by atoms with Crippen molar-refractivity contribution in [1.82, 2.24) is 10.3 Å². The molecule has 1 aliphatic heterocycles. The second-order valence-electron chi connectivity index (χ2n) is 8.37. The van der Waals surface area contributed by atoms with E-state index in [1.165, 1.54) is 31.4 Å². The van der Waals surface area contributed by atoms with Gasteiger partial charge in [-0.05, 0) is 48.7 Å². The highest BCUT2D eigenvalue weighted by molar-refractivity contribution is 6.21. The number of imide groups is 1. The molecule has 0 spiro atoms. The van der Waals surface area contributed by atoms with Gasteiger partial charge in [0.1, 0.15) is 11.8 Å². The van der Waals surface area contributed by atoms with Crippen molar-refractivity contribution in [2.75, 3.05) is 10.2 Å². The molecule has 2 N–H and O–H groups in total. The molecule has 0 radical (unpaired) electrons. The Morgan fingerprint density at radius 1 is 1.12 bits per heavy atom. The van der Waals surface area contributed by atoms with Crippen LogP contribution in [-0.4, -0.2) is 35.4 Å². The van der Waals surface area contributed by atoms with Crippen molar-refractivity contribution in [3.63, 3.8) is 0 Å². The Labute approximate surface area is 189 Å². The highest BCUT2D eigenvalue weighted by Crippen LogP contribution is 2.33. The molecule has 1 saturated heterocycles. The molecule has 0 bridgehead atoms. The smallest absolute Gasteiger partial charge is 0.406 e. The molecule has 7 nitrogen and oxygen atoms in total. The number of nitrogens with zero attached hydrogens (tertiary/aromatic N) is 2. The summed E-state index contributed by atoms with van der Waals surface area (Å²) >= 11 is 0. The maximum Gasteiger partial charge on any atom is 0.573 e. The highest BCUT2D eigenvalue weighted by atomic mass is 19.4. The first kappa shape index (κ1) is 22.9. The van der Waals surface area contributed by atoms with E-state index in [9.17, 15) is 22.8 Å². The van der Waals surface area contributed by atoms with Crippen molar-refractivity contribution in [2.24, 2.45) is 0 Å². The summed E-state index contributed by atoms with van der Waals surface area (Å²) in [5, 5.41) is 6.25. The summed E-state index contributed by atoms with van der Waals surface area (Å²) in [6.45, 7) is 1.86. The van der Waals surface area contributed by atoms with Crippen LogP contribution >= 0.6 is 0 Å². The molecule has 2 unspecified atom stereocenters. The molecule has 176 valence electrons. The second kappa shape index (κ2) is 9.29. The number of carbonyl (C=O) groups is 2. The number of hydrogen-bond acceptors (Lipinski definition) is 5. The van der Waals surface area contributed by atoms with Crippen LogP contribution in [0.2, 0.25) is 0 Å². The molecule has 1 aromatic heterocycles. The number of halogens is 3. The highest BCUT2D eigenvalue weighted by Gasteiger charge is 2.43. The zero-order valence-electron chi connectivity index (χ0n) is 18.1. The molecule has 10 heteroatoms. The number of carbonyl (C=O) groups excluding carboxylic acids is 2. The first-order chi connectivity index (χ1) is 15.7. The maximum absolute atomic E-state index is 13.1. The molecule has 1 saturated carbocycles. The lowest BCUT2D eigenvalue weighted by molar-refractivity contribution is -0.274. The SMILES string of the molecule is CC(c1ccncc1NC1CCCCC1)C1NC(=O)N(c2ccc(OC(F)(F)F)cc2)C1=O. The number of aromatic nitrogens is 1. The lowest BCUT2D eigenvalue weighted by Gasteiger charge is -2.27. The number of pyridine rings is 1. The predicted molar refractivity (Wildman–Crippen MR) is 116 cm³/mol. The van der Waals surface area contributed by atoms with E-state index in [0.29, 0.717) is 6.04 Å². The van der Waals surface area contributed by atoms with Gasteiger partial charge in [0.25, 0.3) is 5.91 Å². The van der Waals surface area contributed by atoms with E-state index in [2.05, 4.69) is 20.4 Å². The second-order valence-corrected chi connectivity index (χ2v) is 8.37. The van der Waals surface area contributed by atoms with Crippen LogP contribution in [0, 0.1) is 0 Å². The zero-order valence-corrected chi connectivity index (χ0v) is 18.1. The fraction of sp³-hybridized carbons (Fsp3) is 0.435. The van der Waals surface area contributed by atoms with Gasteiger partial charge >= 0.3 is 12.4 Å². The topological polar surface area (TPSA) is 83.6 Å². The molecule has 2 fully saturated rings. The van der Waals surface area contributed by atoms with Crippen molar-refractivity contribution in [3.8, 4) is 5.75 Å². The number of rotatable bonds is 6. The van der Waals surface area contributed by atoms with E-state index in [4.69, 9.17) is 0 Å². The summed E-state index contributed by atoms with van der Waals surface area (Å²) in [5.41, 5.74) is 1.87. The summed E-state index contributed by atoms with van der Waals surface area (Å²) in [5.74, 6) is -1.26. The molecular formula is C23H25F3N4O3. The van der Waals surface area contributed by atoms with E-state index in [1.807, 2.05) is 13.0 Å². The maximum atomic E-state index is 13.1. The molecule has 1 aliphatic carbocycles. The minimum Gasteiger partial charge on any atom is -0.406 e. The van der Waals surface area contributed by atoms with Crippen molar-refractivity contribution in [2.45, 2.75) is 63.4 Å². The minimum atomic E-state index is -4.82. The van der Waals surface area contributed by atoms with Crippen molar-refractivity contribution in [3.05, 3.63) is 48.3 Å². The van der Waals surface area contributed by atoms with Crippen LogP contribution in [0.3, 0.4) is 0 Å². The average molecular weight is 462 g/mol. The first-order valence-electron chi connectivity index (χ1n) is 10.9. The van der Waals surface area contributed by atoms with E-state index in [1.54, 1.807) is 12.4 Å². The summed E-state index contributed by atoms with van der Waals surface area (Å²) in [7, 11) is 0. The standard InChI is InChI=1S/C23H25F3N4O3/c1-14(18-11-12-27-13-19(18)28-15-5-3-2-4-6-15)20-21(31)30(22(32)29-20)16-7-9-17(10-8-16)33-23(24,25)26/h7-15,20,28H,2-6H2,1H3,(H,29,32). The normalized spacial score (nSPS) is 20.5. The monoisotopic (exact) mass is 462 g/mol. The van der Waals surface area contributed by atoms with Gasteiger partial charge in [-0.25, -0.2) is 9.69 Å². The summed E-state index contributed by atoms with van der Waals surface area (Å²) in [6.07, 6.45) is 4.28. The number of anilines is 2. The van der Waals surface area contributed by atoms with Gasteiger partial charge in [0.15, 0.2) is 0 Å². The molecular weight excluding hydrogens is 437 g/mol. The van der Waals surface area contributed by atoms with Gasteiger partial charge < -0.3 is 15.4 Å². The van der Waals surface area contributed by atoms with Gasteiger partial charge in [-0.15, -0.1) is 13.2 Å². The fourth-order valence-electron chi connectivity index (χ4n) is 4.45. The van der Waals surface area contributed by atoms with Gasteiger partial charge in [0.2, 0.25) is 0 Å². The van der Waals surface area contributed by atoms with Gasteiger partial charge in [-0.2, -0.15) is 0 Å². The Bertz CT molecular complexity index is 1010. The Kier molecular flexibility index (Phi) is 6.44. The van der Waals surface area contributed by atoms with Crippen LogP contribution in [-0.2, 0) is 4.79 Å². The van der Waals surface area contributed by atoms with E-state index < -0.39 is 30.1 Å². The first-order valence-corrected chi connectivity index (χ1v) is 10.9. The number of amides is 3. The molecule has 2 atom stereocenters. The number of ether oxygens (including phenoxy) is 1. The number of benzene rings is 1. The quantitative estimate of drug-likeness (QED) is 0.594. The third kappa shape index (κ3) is 5.20. The predicted octanol–water partition coefficient (Wildman–Crippen LogP) is 4.95. The molecule has 4 rings (SSSR count).